The third-order valence-corrected chi connectivity index (χ3v) is 9.29. The minimum atomic E-state index is -1.02. The van der Waals surface area contributed by atoms with E-state index in [9.17, 15) is 13.8 Å². The molecule has 0 radical (unpaired) electrons. The highest BCUT2D eigenvalue weighted by Crippen LogP contribution is 2.39. The average molecular weight is 594 g/mol. The predicted molar refractivity (Wildman–Crippen MR) is 161 cm³/mol. The van der Waals surface area contributed by atoms with Gasteiger partial charge >= 0.3 is 0 Å². The molecular formula is C31H39N5O5S. The normalized spacial score (nSPS) is 16.4. The standard InChI is InChI=1S/C31H39N5O5S/c1-21(2)42(39)36-16-14-35(15-17-36)31(38)24-10-8-22(9-11-24)20-41-28-7-5-6-25(29(28)40-4)19-32-30(37)27-18-26(23-12-13-23)33-34(27)3/h5-11,18,21,23H,12-17,19-20H2,1-4H3,(H,32,37). The van der Waals surface area contributed by atoms with E-state index in [-0.39, 0.29) is 23.6 Å². The van der Waals surface area contributed by atoms with Gasteiger partial charge in [-0.25, -0.2) is 8.51 Å². The van der Waals surface area contributed by atoms with Crippen LogP contribution in [0.25, 0.3) is 0 Å². The number of piperazine rings is 1. The molecule has 1 saturated carbocycles. The molecule has 1 atom stereocenters. The van der Waals surface area contributed by atoms with Gasteiger partial charge in [0.25, 0.3) is 11.8 Å². The summed E-state index contributed by atoms with van der Waals surface area (Å²) in [5, 5.41) is 7.52. The average Bonchev–Trinajstić information content (AvgIpc) is 3.79. The molecule has 1 aromatic heterocycles. The molecule has 3 aromatic rings. The zero-order chi connectivity index (χ0) is 29.8. The summed E-state index contributed by atoms with van der Waals surface area (Å²) in [6.45, 7) is 6.79. The molecule has 0 bridgehead atoms. The Morgan fingerprint density at radius 3 is 2.43 bits per heavy atom. The van der Waals surface area contributed by atoms with Crippen molar-refractivity contribution in [1.82, 2.24) is 24.3 Å². The summed E-state index contributed by atoms with van der Waals surface area (Å²) in [5.41, 5.74) is 3.84. The molecule has 2 heterocycles. The third-order valence-electron chi connectivity index (χ3n) is 7.61. The summed E-state index contributed by atoms with van der Waals surface area (Å²) in [6.07, 6.45) is 2.26. The van der Waals surface area contributed by atoms with Crippen LogP contribution in [0, 0.1) is 0 Å². The fourth-order valence-electron chi connectivity index (χ4n) is 5.05. The maximum absolute atomic E-state index is 13.0. The van der Waals surface area contributed by atoms with Crippen LogP contribution in [0.1, 0.15) is 70.3 Å². The van der Waals surface area contributed by atoms with E-state index in [1.807, 2.05) is 71.6 Å². The topological polar surface area (TPSA) is 106 Å². The van der Waals surface area contributed by atoms with Crippen LogP contribution in [0.5, 0.6) is 11.5 Å². The Morgan fingerprint density at radius 1 is 1.07 bits per heavy atom. The smallest absolute Gasteiger partial charge is 0.269 e. The van der Waals surface area contributed by atoms with Crippen molar-refractivity contribution in [2.45, 2.75) is 51.0 Å². The van der Waals surface area contributed by atoms with Gasteiger partial charge in [-0.1, -0.05) is 24.3 Å². The number of amides is 2. The molecule has 1 N–H and O–H groups in total. The first-order valence-electron chi connectivity index (χ1n) is 14.4. The predicted octanol–water partition coefficient (Wildman–Crippen LogP) is 3.65. The van der Waals surface area contributed by atoms with Gasteiger partial charge in [-0.2, -0.15) is 5.10 Å². The summed E-state index contributed by atoms with van der Waals surface area (Å²) >= 11 is 0. The highest BCUT2D eigenvalue weighted by molar-refractivity contribution is 7.83. The van der Waals surface area contributed by atoms with Gasteiger partial charge in [-0.15, -0.1) is 0 Å². The molecule has 10 nitrogen and oxygen atoms in total. The largest absolute Gasteiger partial charge is 0.493 e. The van der Waals surface area contributed by atoms with E-state index < -0.39 is 11.0 Å². The summed E-state index contributed by atoms with van der Waals surface area (Å²) in [7, 11) is 2.35. The summed E-state index contributed by atoms with van der Waals surface area (Å²) in [5.74, 6) is 1.40. The number of para-hydroxylation sites is 1. The van der Waals surface area contributed by atoms with Crippen molar-refractivity contribution in [3.63, 3.8) is 0 Å². The lowest BCUT2D eigenvalue weighted by Crippen LogP contribution is -2.50. The zero-order valence-corrected chi connectivity index (χ0v) is 25.5. The van der Waals surface area contributed by atoms with E-state index in [4.69, 9.17) is 9.47 Å². The number of hydrogen-bond acceptors (Lipinski definition) is 6. The molecule has 0 spiro atoms. The zero-order valence-electron chi connectivity index (χ0n) is 24.7. The number of aromatic nitrogens is 2. The lowest BCUT2D eigenvalue weighted by molar-refractivity contribution is 0.0700. The van der Waals surface area contributed by atoms with Gasteiger partial charge in [0.15, 0.2) is 11.5 Å². The molecular weight excluding hydrogens is 554 g/mol. The van der Waals surface area contributed by atoms with Gasteiger partial charge in [0, 0.05) is 62.1 Å². The van der Waals surface area contributed by atoms with Crippen LogP contribution < -0.4 is 14.8 Å². The molecule has 1 saturated heterocycles. The number of carbonyl (C=O) groups excluding carboxylic acids is 2. The van der Waals surface area contributed by atoms with Crippen molar-refractivity contribution >= 4 is 22.8 Å². The van der Waals surface area contributed by atoms with Gasteiger partial charge in [-0.3, -0.25) is 14.3 Å². The Balaban J connectivity index is 1.15. The maximum Gasteiger partial charge on any atom is 0.269 e. The van der Waals surface area contributed by atoms with E-state index in [0.29, 0.717) is 61.5 Å². The van der Waals surface area contributed by atoms with Crippen LogP contribution >= 0.6 is 0 Å². The van der Waals surface area contributed by atoms with E-state index in [1.54, 1.807) is 18.8 Å². The highest BCUT2D eigenvalue weighted by atomic mass is 32.2. The summed E-state index contributed by atoms with van der Waals surface area (Å²) in [6, 6.07) is 14.9. The molecule has 1 aliphatic carbocycles. The number of nitrogens with zero attached hydrogens (tertiary/aromatic N) is 4. The first-order valence-corrected chi connectivity index (χ1v) is 15.6. The second-order valence-electron chi connectivity index (χ2n) is 11.0. The van der Waals surface area contributed by atoms with Crippen molar-refractivity contribution in [3.8, 4) is 11.5 Å². The first-order chi connectivity index (χ1) is 20.2. The second-order valence-corrected chi connectivity index (χ2v) is 13.0. The minimum Gasteiger partial charge on any atom is -0.493 e. The van der Waals surface area contributed by atoms with Crippen molar-refractivity contribution < 1.29 is 23.3 Å². The van der Waals surface area contributed by atoms with Crippen molar-refractivity contribution in [3.05, 3.63) is 76.6 Å². The summed E-state index contributed by atoms with van der Waals surface area (Å²) < 4.78 is 27.7. The van der Waals surface area contributed by atoms with E-state index >= 15 is 0 Å². The van der Waals surface area contributed by atoms with Crippen LogP contribution in [-0.4, -0.2) is 73.5 Å². The number of ether oxygens (including phenoxy) is 2. The van der Waals surface area contributed by atoms with Crippen LogP contribution in [-0.2, 0) is 31.2 Å². The minimum absolute atomic E-state index is 0.0243. The number of nitrogens with one attached hydrogen (secondary N) is 1. The lowest BCUT2D eigenvalue weighted by atomic mass is 10.1. The number of aryl methyl sites for hydroxylation is 1. The fraction of sp³-hybridized carbons (Fsp3) is 0.452. The Labute approximate surface area is 249 Å². The highest BCUT2D eigenvalue weighted by Gasteiger charge is 2.28. The van der Waals surface area contributed by atoms with Crippen LogP contribution in [0.2, 0.25) is 0 Å². The second kappa shape index (κ2) is 13.1. The molecule has 2 amide bonds. The van der Waals surface area contributed by atoms with Crippen molar-refractivity contribution in [1.29, 1.82) is 0 Å². The van der Waals surface area contributed by atoms with Gasteiger partial charge < -0.3 is 19.7 Å². The van der Waals surface area contributed by atoms with Gasteiger partial charge in [0.2, 0.25) is 0 Å². The van der Waals surface area contributed by atoms with E-state index in [2.05, 4.69) is 10.4 Å². The molecule has 42 heavy (non-hydrogen) atoms. The molecule has 2 aliphatic rings. The number of methoxy groups -OCH3 is 1. The quantitative estimate of drug-likeness (QED) is 0.364. The van der Waals surface area contributed by atoms with Crippen molar-refractivity contribution in [2.75, 3.05) is 33.3 Å². The monoisotopic (exact) mass is 593 g/mol. The molecule has 1 aliphatic heterocycles. The van der Waals surface area contributed by atoms with E-state index in [1.165, 1.54) is 0 Å². The van der Waals surface area contributed by atoms with Crippen molar-refractivity contribution in [2.24, 2.45) is 7.05 Å². The van der Waals surface area contributed by atoms with Gasteiger partial charge in [0.05, 0.1) is 23.8 Å². The molecule has 5 rings (SSSR count). The number of benzene rings is 2. The fourth-order valence-corrected chi connectivity index (χ4v) is 6.17. The number of carbonyl (C=O) groups is 2. The molecule has 1 unspecified atom stereocenters. The molecule has 2 fully saturated rings. The number of hydrogen-bond donors (Lipinski definition) is 1. The van der Waals surface area contributed by atoms with Crippen LogP contribution in [0.3, 0.4) is 0 Å². The SMILES string of the molecule is COc1c(CNC(=O)c2cc(C3CC3)nn2C)cccc1OCc1ccc(C(=O)N2CCN(S(=O)C(C)C)CC2)cc1. The van der Waals surface area contributed by atoms with Crippen LogP contribution in [0.15, 0.2) is 48.5 Å². The third kappa shape index (κ3) is 6.84. The lowest BCUT2D eigenvalue weighted by Gasteiger charge is -2.34. The Hall–Kier alpha value is -3.70. The Bertz CT molecular complexity index is 1440. The maximum atomic E-state index is 13.0. The van der Waals surface area contributed by atoms with E-state index in [0.717, 1.165) is 29.7 Å². The Kier molecular flexibility index (Phi) is 9.27. The van der Waals surface area contributed by atoms with Gasteiger partial charge in [0.1, 0.15) is 12.3 Å². The van der Waals surface area contributed by atoms with Crippen LogP contribution in [0.4, 0.5) is 0 Å². The molecule has 11 heteroatoms. The molecule has 224 valence electrons. The Morgan fingerprint density at radius 2 is 1.79 bits per heavy atom. The van der Waals surface area contributed by atoms with Gasteiger partial charge in [-0.05, 0) is 56.5 Å². The molecule has 2 aromatic carbocycles. The first kappa shape index (κ1) is 29.8. The number of rotatable bonds is 11. The summed E-state index contributed by atoms with van der Waals surface area (Å²) in [4.78, 5) is 27.7.